The Bertz CT molecular complexity index is 1210. The fourth-order valence-corrected chi connectivity index (χ4v) is 6.12. The molecule has 2 aromatic rings. The first-order valence-electron chi connectivity index (χ1n) is 10.6. The van der Waals surface area contributed by atoms with Crippen LogP contribution in [0.25, 0.3) is 0 Å². The minimum Gasteiger partial charge on any atom is -0.326 e. The molecule has 180 valence electrons. The Balaban J connectivity index is 1.68. The monoisotopic (exact) mass is 494 g/mol. The highest BCUT2D eigenvalue weighted by atomic mass is 32.2. The predicted octanol–water partition coefficient (Wildman–Crippen LogP) is 2.56. The van der Waals surface area contributed by atoms with Crippen molar-refractivity contribution >= 4 is 37.5 Å². The van der Waals surface area contributed by atoms with Gasteiger partial charge in [0.05, 0.1) is 16.5 Å². The number of carbonyl (C=O) groups excluding carboxylic acids is 1. The van der Waals surface area contributed by atoms with Gasteiger partial charge in [-0.2, -0.15) is 17.0 Å². The molecule has 33 heavy (non-hydrogen) atoms. The zero-order valence-electron chi connectivity index (χ0n) is 19.2. The number of para-hydroxylation sites is 1. The van der Waals surface area contributed by atoms with Gasteiger partial charge in [-0.15, -0.1) is 0 Å². The molecular weight excluding hydrogens is 464 g/mol. The SMILES string of the molecule is Cc1cccc(C)c1NS(=O)(=O)c1ccc(NC(=O)[C@@H]2CCCN(S(=O)(=O)N(C)C)C2)cc1. The first-order valence-corrected chi connectivity index (χ1v) is 13.5. The van der Waals surface area contributed by atoms with E-state index in [1.807, 2.05) is 32.0 Å². The lowest BCUT2D eigenvalue weighted by atomic mass is 9.99. The molecule has 0 aliphatic carbocycles. The van der Waals surface area contributed by atoms with Crippen LogP contribution in [-0.2, 0) is 25.0 Å². The highest BCUT2D eigenvalue weighted by molar-refractivity contribution is 7.92. The summed E-state index contributed by atoms with van der Waals surface area (Å²) in [5.74, 6) is -0.777. The topological polar surface area (TPSA) is 116 Å². The quantitative estimate of drug-likeness (QED) is 0.614. The normalized spacial score (nSPS) is 17.7. The maximum Gasteiger partial charge on any atom is 0.281 e. The van der Waals surface area contributed by atoms with E-state index in [1.165, 1.54) is 42.7 Å². The molecule has 1 saturated heterocycles. The zero-order valence-corrected chi connectivity index (χ0v) is 20.8. The highest BCUT2D eigenvalue weighted by Gasteiger charge is 2.33. The number of benzene rings is 2. The summed E-state index contributed by atoms with van der Waals surface area (Å²) in [6, 6.07) is 11.4. The lowest BCUT2D eigenvalue weighted by Crippen LogP contribution is -2.47. The fourth-order valence-electron chi connectivity index (χ4n) is 3.73. The summed E-state index contributed by atoms with van der Waals surface area (Å²) in [6.45, 7) is 4.15. The Morgan fingerprint density at radius 3 is 2.18 bits per heavy atom. The Labute approximate surface area is 196 Å². The lowest BCUT2D eigenvalue weighted by molar-refractivity contribution is -0.120. The number of anilines is 2. The van der Waals surface area contributed by atoms with Crippen molar-refractivity contribution < 1.29 is 21.6 Å². The van der Waals surface area contributed by atoms with Crippen LogP contribution in [0.1, 0.15) is 24.0 Å². The number of sulfonamides is 1. The van der Waals surface area contributed by atoms with Crippen LogP contribution in [0.3, 0.4) is 0 Å². The molecule has 0 unspecified atom stereocenters. The van der Waals surface area contributed by atoms with E-state index in [9.17, 15) is 21.6 Å². The van der Waals surface area contributed by atoms with Crippen molar-refractivity contribution in [3.05, 3.63) is 53.6 Å². The van der Waals surface area contributed by atoms with Gasteiger partial charge < -0.3 is 5.32 Å². The number of carbonyl (C=O) groups is 1. The average molecular weight is 495 g/mol. The zero-order chi connectivity index (χ0) is 24.4. The van der Waals surface area contributed by atoms with Crippen LogP contribution >= 0.6 is 0 Å². The van der Waals surface area contributed by atoms with Gasteiger partial charge in [0.2, 0.25) is 5.91 Å². The molecule has 1 amide bonds. The first-order chi connectivity index (χ1) is 15.4. The molecular formula is C22H30N4O5S2. The Kier molecular flexibility index (Phi) is 7.47. The minimum absolute atomic E-state index is 0.0732. The van der Waals surface area contributed by atoms with E-state index in [4.69, 9.17) is 0 Å². The van der Waals surface area contributed by atoms with Crippen LogP contribution in [0.15, 0.2) is 47.4 Å². The van der Waals surface area contributed by atoms with E-state index in [-0.39, 0.29) is 17.3 Å². The number of hydrogen-bond donors (Lipinski definition) is 2. The number of hydrogen-bond acceptors (Lipinski definition) is 5. The van der Waals surface area contributed by atoms with Crippen molar-refractivity contribution in [1.82, 2.24) is 8.61 Å². The number of aryl methyl sites for hydroxylation is 2. The molecule has 2 N–H and O–H groups in total. The number of nitrogens with zero attached hydrogens (tertiary/aromatic N) is 2. The van der Waals surface area contributed by atoms with Gasteiger partial charge in [-0.3, -0.25) is 9.52 Å². The van der Waals surface area contributed by atoms with E-state index in [0.717, 1.165) is 15.4 Å². The van der Waals surface area contributed by atoms with E-state index < -0.39 is 26.2 Å². The van der Waals surface area contributed by atoms with Gasteiger partial charge in [-0.1, -0.05) is 18.2 Å². The van der Waals surface area contributed by atoms with Gasteiger partial charge in [0.15, 0.2) is 0 Å². The van der Waals surface area contributed by atoms with Crippen molar-refractivity contribution in [3.8, 4) is 0 Å². The van der Waals surface area contributed by atoms with Crippen molar-refractivity contribution in [1.29, 1.82) is 0 Å². The number of rotatable bonds is 7. The van der Waals surface area contributed by atoms with Gasteiger partial charge in [-0.25, -0.2) is 8.42 Å². The van der Waals surface area contributed by atoms with Crippen LogP contribution in [0.4, 0.5) is 11.4 Å². The van der Waals surface area contributed by atoms with Crippen LogP contribution in [-0.4, -0.2) is 58.5 Å². The van der Waals surface area contributed by atoms with Crippen LogP contribution in [0.2, 0.25) is 0 Å². The molecule has 2 aromatic carbocycles. The smallest absolute Gasteiger partial charge is 0.281 e. The largest absolute Gasteiger partial charge is 0.326 e. The molecule has 9 nitrogen and oxygen atoms in total. The molecule has 0 radical (unpaired) electrons. The fraction of sp³-hybridized carbons (Fsp3) is 0.409. The number of piperidine rings is 1. The summed E-state index contributed by atoms with van der Waals surface area (Å²) in [7, 11) is -4.45. The molecule has 0 aromatic heterocycles. The van der Waals surface area contributed by atoms with Crippen molar-refractivity contribution in [2.75, 3.05) is 37.2 Å². The summed E-state index contributed by atoms with van der Waals surface area (Å²) < 4.78 is 55.4. The van der Waals surface area contributed by atoms with Gasteiger partial charge in [-0.05, 0) is 62.1 Å². The van der Waals surface area contributed by atoms with Crippen LogP contribution in [0.5, 0.6) is 0 Å². The van der Waals surface area contributed by atoms with Gasteiger partial charge in [0.25, 0.3) is 20.2 Å². The van der Waals surface area contributed by atoms with E-state index >= 15 is 0 Å². The molecule has 1 atom stereocenters. The summed E-state index contributed by atoms with van der Waals surface area (Å²) in [5, 5.41) is 2.77. The van der Waals surface area contributed by atoms with E-state index in [0.29, 0.717) is 30.8 Å². The van der Waals surface area contributed by atoms with E-state index in [2.05, 4.69) is 10.0 Å². The van der Waals surface area contributed by atoms with Gasteiger partial charge in [0.1, 0.15) is 0 Å². The number of nitrogens with one attached hydrogen (secondary N) is 2. The Morgan fingerprint density at radius 2 is 1.61 bits per heavy atom. The van der Waals surface area contributed by atoms with Crippen molar-refractivity contribution in [2.45, 2.75) is 31.6 Å². The van der Waals surface area contributed by atoms with Gasteiger partial charge in [0, 0.05) is 32.9 Å². The number of amides is 1. The second-order valence-electron chi connectivity index (χ2n) is 8.37. The molecule has 1 aliphatic heterocycles. The molecule has 0 bridgehead atoms. The average Bonchev–Trinajstić information content (AvgIpc) is 2.77. The van der Waals surface area contributed by atoms with Crippen molar-refractivity contribution in [2.24, 2.45) is 5.92 Å². The third kappa shape index (κ3) is 5.72. The maximum atomic E-state index is 12.8. The highest BCUT2D eigenvalue weighted by Crippen LogP contribution is 2.25. The van der Waals surface area contributed by atoms with Gasteiger partial charge >= 0.3 is 0 Å². The maximum absolute atomic E-state index is 12.8. The molecule has 1 aliphatic rings. The summed E-state index contributed by atoms with van der Waals surface area (Å²) in [6.07, 6.45) is 1.17. The summed E-state index contributed by atoms with van der Waals surface area (Å²) >= 11 is 0. The Morgan fingerprint density at radius 1 is 1.00 bits per heavy atom. The summed E-state index contributed by atoms with van der Waals surface area (Å²) in [5.41, 5.74) is 2.63. The summed E-state index contributed by atoms with van der Waals surface area (Å²) in [4.78, 5) is 12.8. The standard InChI is InChI=1S/C22H30N4O5S2/c1-16-7-5-8-17(2)21(16)24-32(28,29)20-12-10-19(11-13-20)23-22(27)18-9-6-14-26(15-18)33(30,31)25(3)4/h5,7-8,10-13,18,24H,6,9,14-15H2,1-4H3,(H,23,27)/t18-/m1/s1. The minimum atomic E-state index is -3.80. The lowest BCUT2D eigenvalue weighted by Gasteiger charge is -2.32. The van der Waals surface area contributed by atoms with E-state index in [1.54, 1.807) is 0 Å². The Hall–Kier alpha value is -2.47. The molecule has 11 heteroatoms. The third-order valence-electron chi connectivity index (χ3n) is 5.69. The second-order valence-corrected chi connectivity index (χ2v) is 12.2. The van der Waals surface area contributed by atoms with Crippen molar-refractivity contribution in [3.63, 3.8) is 0 Å². The third-order valence-corrected chi connectivity index (χ3v) is 8.97. The molecule has 0 spiro atoms. The van der Waals surface area contributed by atoms with Crippen LogP contribution in [0, 0.1) is 19.8 Å². The predicted molar refractivity (Wildman–Crippen MR) is 129 cm³/mol. The second kappa shape index (κ2) is 9.80. The first kappa shape index (κ1) is 25.2. The molecule has 1 heterocycles. The van der Waals surface area contributed by atoms with Crippen LogP contribution < -0.4 is 10.0 Å². The molecule has 0 saturated carbocycles. The molecule has 1 fully saturated rings. The molecule has 3 rings (SSSR count).